The molecular formula is C13H25N3O. The van der Waals surface area contributed by atoms with Gasteiger partial charge in [-0.25, -0.2) is 0 Å². The molecule has 0 bridgehead atoms. The van der Waals surface area contributed by atoms with Crippen LogP contribution in [-0.4, -0.2) is 61.5 Å². The van der Waals surface area contributed by atoms with E-state index in [1.165, 1.54) is 0 Å². The molecule has 1 amide bonds. The third-order valence-electron chi connectivity index (χ3n) is 3.96. The molecule has 0 aromatic rings. The van der Waals surface area contributed by atoms with Crippen LogP contribution in [0.2, 0.25) is 0 Å². The van der Waals surface area contributed by atoms with E-state index in [0.29, 0.717) is 11.9 Å². The minimum atomic E-state index is 0.243. The van der Waals surface area contributed by atoms with Crippen LogP contribution in [0.3, 0.4) is 0 Å². The predicted octanol–water partition coefficient (Wildman–Crippen LogP) is 0.539. The maximum Gasteiger partial charge on any atom is 0.227 e. The molecule has 0 aromatic heterocycles. The number of likely N-dealkylation sites (tertiary alicyclic amines) is 1. The molecule has 2 atom stereocenters. The van der Waals surface area contributed by atoms with E-state index in [9.17, 15) is 4.79 Å². The summed E-state index contributed by atoms with van der Waals surface area (Å²) in [5.41, 5.74) is 0. The molecule has 2 rings (SSSR count). The Labute approximate surface area is 104 Å². The fraction of sp³-hybridized carbons (Fsp3) is 0.923. The van der Waals surface area contributed by atoms with Crippen molar-refractivity contribution in [2.45, 2.75) is 32.2 Å². The van der Waals surface area contributed by atoms with E-state index >= 15 is 0 Å². The zero-order valence-corrected chi connectivity index (χ0v) is 11.1. The highest BCUT2D eigenvalue weighted by Gasteiger charge is 2.33. The van der Waals surface area contributed by atoms with E-state index < -0.39 is 0 Å². The van der Waals surface area contributed by atoms with Crippen LogP contribution in [0.15, 0.2) is 0 Å². The maximum atomic E-state index is 12.5. The van der Waals surface area contributed by atoms with Crippen LogP contribution < -0.4 is 5.32 Å². The smallest absolute Gasteiger partial charge is 0.227 e. The van der Waals surface area contributed by atoms with Gasteiger partial charge >= 0.3 is 0 Å². The van der Waals surface area contributed by atoms with Crippen LogP contribution >= 0.6 is 0 Å². The second-order valence-corrected chi connectivity index (χ2v) is 5.43. The second kappa shape index (κ2) is 5.83. The monoisotopic (exact) mass is 239 g/mol. The van der Waals surface area contributed by atoms with Crippen LogP contribution in [0.1, 0.15) is 26.2 Å². The molecule has 2 heterocycles. The summed E-state index contributed by atoms with van der Waals surface area (Å²) in [7, 11) is 2.11. The van der Waals surface area contributed by atoms with Gasteiger partial charge in [0.15, 0.2) is 0 Å². The summed E-state index contributed by atoms with van der Waals surface area (Å²) < 4.78 is 0. The van der Waals surface area contributed by atoms with Crippen LogP contribution in [0.25, 0.3) is 0 Å². The van der Waals surface area contributed by atoms with E-state index in [0.717, 1.165) is 52.0 Å². The Morgan fingerprint density at radius 1 is 1.47 bits per heavy atom. The van der Waals surface area contributed by atoms with Gasteiger partial charge in [-0.1, -0.05) is 6.92 Å². The van der Waals surface area contributed by atoms with Gasteiger partial charge in [0.05, 0.1) is 5.92 Å². The van der Waals surface area contributed by atoms with E-state index in [1.54, 1.807) is 0 Å². The normalized spacial score (nSPS) is 29.8. The SMILES string of the molecule is CCCN(C(=O)C1CCN(C)C1)C1CCNC1. The molecule has 17 heavy (non-hydrogen) atoms. The first-order valence-electron chi connectivity index (χ1n) is 6.92. The number of hydrogen-bond donors (Lipinski definition) is 1. The third kappa shape index (κ3) is 2.99. The van der Waals surface area contributed by atoms with Crippen molar-refractivity contribution in [1.82, 2.24) is 15.1 Å². The molecule has 2 saturated heterocycles. The first kappa shape index (κ1) is 12.8. The van der Waals surface area contributed by atoms with Gasteiger partial charge in [-0.05, 0) is 39.4 Å². The van der Waals surface area contributed by atoms with Gasteiger partial charge in [-0.2, -0.15) is 0 Å². The topological polar surface area (TPSA) is 35.6 Å². The quantitative estimate of drug-likeness (QED) is 0.778. The van der Waals surface area contributed by atoms with Gasteiger partial charge in [0.25, 0.3) is 0 Å². The Kier molecular flexibility index (Phi) is 4.40. The fourth-order valence-electron chi connectivity index (χ4n) is 2.99. The highest BCUT2D eigenvalue weighted by molar-refractivity contribution is 5.79. The van der Waals surface area contributed by atoms with E-state index in [4.69, 9.17) is 0 Å². The van der Waals surface area contributed by atoms with Crippen molar-refractivity contribution in [3.05, 3.63) is 0 Å². The molecular weight excluding hydrogens is 214 g/mol. The summed E-state index contributed by atoms with van der Waals surface area (Å²) in [6, 6.07) is 0.438. The average Bonchev–Trinajstić information content (AvgIpc) is 2.95. The van der Waals surface area contributed by atoms with E-state index in [2.05, 4.69) is 29.1 Å². The second-order valence-electron chi connectivity index (χ2n) is 5.43. The Bertz CT molecular complexity index is 263. The lowest BCUT2D eigenvalue weighted by Crippen LogP contribution is -2.45. The number of carbonyl (C=O) groups is 1. The predicted molar refractivity (Wildman–Crippen MR) is 68.9 cm³/mol. The molecule has 4 heteroatoms. The lowest BCUT2D eigenvalue weighted by Gasteiger charge is -2.30. The van der Waals surface area contributed by atoms with Crippen molar-refractivity contribution >= 4 is 5.91 Å². The minimum Gasteiger partial charge on any atom is -0.338 e. The average molecular weight is 239 g/mol. The molecule has 0 saturated carbocycles. The number of carbonyl (C=O) groups excluding carboxylic acids is 1. The summed E-state index contributed by atoms with van der Waals surface area (Å²) in [6.45, 7) is 7.13. The highest BCUT2D eigenvalue weighted by atomic mass is 16.2. The van der Waals surface area contributed by atoms with Crippen LogP contribution in [0.5, 0.6) is 0 Å². The molecule has 98 valence electrons. The molecule has 2 aliphatic rings. The molecule has 0 radical (unpaired) electrons. The van der Waals surface area contributed by atoms with Crippen molar-refractivity contribution in [2.24, 2.45) is 5.92 Å². The number of nitrogens with zero attached hydrogens (tertiary/aromatic N) is 2. The molecule has 2 unspecified atom stereocenters. The maximum absolute atomic E-state index is 12.5. The summed E-state index contributed by atoms with van der Waals surface area (Å²) in [6.07, 6.45) is 3.22. The largest absolute Gasteiger partial charge is 0.338 e. The van der Waals surface area contributed by atoms with Crippen molar-refractivity contribution in [1.29, 1.82) is 0 Å². The molecule has 0 spiro atoms. The number of rotatable bonds is 4. The minimum absolute atomic E-state index is 0.243. The summed E-state index contributed by atoms with van der Waals surface area (Å²) in [4.78, 5) is 16.9. The summed E-state index contributed by atoms with van der Waals surface area (Å²) in [5.74, 6) is 0.636. The van der Waals surface area contributed by atoms with Crippen molar-refractivity contribution < 1.29 is 4.79 Å². The number of amides is 1. The highest BCUT2D eigenvalue weighted by Crippen LogP contribution is 2.20. The molecule has 4 nitrogen and oxygen atoms in total. The molecule has 0 aliphatic carbocycles. The molecule has 0 aromatic carbocycles. The standard InChI is InChI=1S/C13H25N3O/c1-3-7-16(12-4-6-14-9-12)13(17)11-5-8-15(2)10-11/h11-12,14H,3-10H2,1-2H3. The summed E-state index contributed by atoms with van der Waals surface area (Å²) >= 11 is 0. The third-order valence-corrected chi connectivity index (χ3v) is 3.96. The molecule has 2 fully saturated rings. The van der Waals surface area contributed by atoms with Crippen molar-refractivity contribution in [2.75, 3.05) is 39.8 Å². The zero-order chi connectivity index (χ0) is 12.3. The Balaban J connectivity index is 1.96. The van der Waals surface area contributed by atoms with Crippen LogP contribution in [0, 0.1) is 5.92 Å². The molecule has 2 aliphatic heterocycles. The van der Waals surface area contributed by atoms with Gasteiger partial charge < -0.3 is 15.1 Å². The van der Waals surface area contributed by atoms with Crippen LogP contribution in [0.4, 0.5) is 0 Å². The first-order chi connectivity index (χ1) is 8.22. The van der Waals surface area contributed by atoms with Gasteiger partial charge in [-0.15, -0.1) is 0 Å². The van der Waals surface area contributed by atoms with Crippen molar-refractivity contribution in [3.8, 4) is 0 Å². The lowest BCUT2D eigenvalue weighted by molar-refractivity contribution is -0.137. The van der Waals surface area contributed by atoms with Gasteiger partial charge in [0, 0.05) is 25.7 Å². The summed E-state index contributed by atoms with van der Waals surface area (Å²) in [5, 5.41) is 3.36. The number of nitrogens with one attached hydrogen (secondary N) is 1. The Morgan fingerprint density at radius 2 is 2.29 bits per heavy atom. The fourth-order valence-corrected chi connectivity index (χ4v) is 2.99. The van der Waals surface area contributed by atoms with E-state index in [1.807, 2.05) is 0 Å². The zero-order valence-electron chi connectivity index (χ0n) is 11.1. The van der Waals surface area contributed by atoms with Crippen molar-refractivity contribution in [3.63, 3.8) is 0 Å². The molecule has 1 N–H and O–H groups in total. The number of hydrogen-bond acceptors (Lipinski definition) is 3. The van der Waals surface area contributed by atoms with Crippen LogP contribution in [-0.2, 0) is 4.79 Å². The van der Waals surface area contributed by atoms with Gasteiger partial charge in [0.2, 0.25) is 5.91 Å². The van der Waals surface area contributed by atoms with E-state index in [-0.39, 0.29) is 5.92 Å². The first-order valence-corrected chi connectivity index (χ1v) is 6.92. The van der Waals surface area contributed by atoms with Gasteiger partial charge in [0.1, 0.15) is 0 Å². The lowest BCUT2D eigenvalue weighted by atomic mass is 10.1. The Morgan fingerprint density at radius 3 is 2.82 bits per heavy atom. The Hall–Kier alpha value is -0.610. The van der Waals surface area contributed by atoms with Gasteiger partial charge in [-0.3, -0.25) is 4.79 Å².